The van der Waals surface area contributed by atoms with Crippen LogP contribution in [0.2, 0.25) is 5.02 Å². The molecule has 2 heterocycles. The largest absolute Gasteiger partial charge is 0.364 e. The van der Waals surface area contributed by atoms with Crippen LogP contribution in [0.25, 0.3) is 0 Å². The van der Waals surface area contributed by atoms with Gasteiger partial charge in [0.25, 0.3) is 5.91 Å². The maximum atomic E-state index is 11.9. The smallest absolute Gasteiger partial charge is 0.292 e. The average molecular weight is 321 g/mol. The number of carbonyl (C=O) groups is 1. The summed E-state index contributed by atoms with van der Waals surface area (Å²) in [5.74, 6) is 0.143. The number of thiazole rings is 1. The van der Waals surface area contributed by atoms with Crippen molar-refractivity contribution in [2.24, 2.45) is 4.99 Å². The zero-order chi connectivity index (χ0) is 14.7. The lowest BCUT2D eigenvalue weighted by molar-refractivity contribution is -0.110. The minimum absolute atomic E-state index is 0.236. The van der Waals surface area contributed by atoms with Crippen molar-refractivity contribution in [3.8, 4) is 0 Å². The topological polar surface area (TPSA) is 66.4 Å². The Labute approximate surface area is 131 Å². The molecule has 0 radical (unpaired) electrons. The van der Waals surface area contributed by atoms with Crippen molar-refractivity contribution in [3.63, 3.8) is 0 Å². The normalized spacial score (nSPS) is 13.7. The van der Waals surface area contributed by atoms with E-state index >= 15 is 0 Å². The number of hydrogen-bond donors (Lipinski definition) is 2. The third-order valence-electron chi connectivity index (χ3n) is 2.95. The predicted molar refractivity (Wildman–Crippen MR) is 85.3 cm³/mol. The molecule has 0 fully saturated rings. The lowest BCUT2D eigenvalue weighted by Crippen LogP contribution is -2.32. The number of carbonyl (C=O) groups excluding carboxylic acids is 1. The maximum Gasteiger partial charge on any atom is 0.292 e. The molecule has 0 atom stereocenters. The summed E-state index contributed by atoms with van der Waals surface area (Å²) in [6, 6.07) is 7.70. The number of benzene rings is 1. The Morgan fingerprint density at radius 1 is 1.38 bits per heavy atom. The molecule has 2 aromatic rings. The predicted octanol–water partition coefficient (Wildman–Crippen LogP) is 2.33. The van der Waals surface area contributed by atoms with Gasteiger partial charge in [0.1, 0.15) is 0 Å². The van der Waals surface area contributed by atoms with Gasteiger partial charge in [-0.15, -0.1) is 11.3 Å². The van der Waals surface area contributed by atoms with Crippen LogP contribution in [-0.2, 0) is 11.2 Å². The number of hydrogen-bond acceptors (Lipinski definition) is 5. The van der Waals surface area contributed by atoms with Crippen molar-refractivity contribution < 1.29 is 4.79 Å². The van der Waals surface area contributed by atoms with Gasteiger partial charge in [0, 0.05) is 29.1 Å². The van der Waals surface area contributed by atoms with Crippen molar-refractivity contribution in [2.75, 3.05) is 18.4 Å². The first-order valence-electron chi connectivity index (χ1n) is 6.49. The summed E-state index contributed by atoms with van der Waals surface area (Å²) < 4.78 is 0. The van der Waals surface area contributed by atoms with Crippen LogP contribution >= 0.6 is 22.9 Å². The van der Waals surface area contributed by atoms with Crippen molar-refractivity contribution in [1.29, 1.82) is 0 Å². The summed E-state index contributed by atoms with van der Waals surface area (Å²) in [5, 5.41) is 6.99. The molecule has 1 amide bonds. The highest BCUT2D eigenvalue weighted by Crippen LogP contribution is 2.22. The van der Waals surface area contributed by atoms with Crippen LogP contribution in [0.15, 0.2) is 35.5 Å². The fourth-order valence-corrected chi connectivity index (χ4v) is 2.92. The molecule has 1 aliphatic heterocycles. The molecule has 0 saturated heterocycles. The van der Waals surface area contributed by atoms with Crippen LogP contribution in [0.1, 0.15) is 10.4 Å². The van der Waals surface area contributed by atoms with E-state index in [-0.39, 0.29) is 5.91 Å². The van der Waals surface area contributed by atoms with E-state index in [4.69, 9.17) is 11.6 Å². The van der Waals surface area contributed by atoms with Gasteiger partial charge < -0.3 is 5.32 Å². The number of rotatable bonds is 4. The molecule has 0 unspecified atom stereocenters. The number of aromatic nitrogens is 1. The maximum absolute atomic E-state index is 11.9. The second kappa shape index (κ2) is 6.24. The molecule has 1 aliphatic rings. The first-order chi connectivity index (χ1) is 10.2. The molecular weight excluding hydrogens is 308 g/mol. The van der Waals surface area contributed by atoms with Gasteiger partial charge in [-0.25, -0.2) is 4.98 Å². The summed E-state index contributed by atoms with van der Waals surface area (Å²) in [4.78, 5) is 21.2. The molecular formula is C14H13ClN4OS. The fraction of sp³-hybridized carbons (Fsp3) is 0.214. The van der Waals surface area contributed by atoms with Crippen molar-refractivity contribution in [2.45, 2.75) is 6.42 Å². The first-order valence-corrected chi connectivity index (χ1v) is 7.69. The van der Waals surface area contributed by atoms with Gasteiger partial charge >= 0.3 is 0 Å². The van der Waals surface area contributed by atoms with Crippen molar-refractivity contribution in [1.82, 2.24) is 10.3 Å². The number of anilines is 1. The molecule has 21 heavy (non-hydrogen) atoms. The van der Waals surface area contributed by atoms with Gasteiger partial charge in [-0.3, -0.25) is 15.1 Å². The Bertz CT molecular complexity index is 681. The Morgan fingerprint density at radius 3 is 2.90 bits per heavy atom. The van der Waals surface area contributed by atoms with E-state index in [9.17, 15) is 4.79 Å². The third-order valence-corrected chi connectivity index (χ3v) is 4.12. The standard InChI is InChI=1S/C14H13ClN4OS/c15-10-3-1-9(2-4-10)7-11-8-18-14(21-11)19-13(20)12-16-5-6-17-12/h1-4,8H,5-7H2,(H,16,17)(H,18,19,20). The molecule has 3 rings (SSSR count). The quantitative estimate of drug-likeness (QED) is 0.908. The summed E-state index contributed by atoms with van der Waals surface area (Å²) in [5.41, 5.74) is 1.16. The SMILES string of the molecule is O=C(Nc1ncc(Cc2ccc(Cl)cc2)s1)C1=NCCN1. The van der Waals surface area contributed by atoms with Gasteiger partial charge in [0.05, 0.1) is 6.54 Å². The minimum Gasteiger partial charge on any atom is -0.364 e. The second-order valence-electron chi connectivity index (χ2n) is 4.55. The van der Waals surface area contributed by atoms with Gasteiger partial charge in [0.2, 0.25) is 0 Å². The van der Waals surface area contributed by atoms with E-state index in [2.05, 4.69) is 20.6 Å². The van der Waals surface area contributed by atoms with Crippen molar-refractivity contribution in [3.05, 3.63) is 45.9 Å². The zero-order valence-corrected chi connectivity index (χ0v) is 12.7. The Kier molecular flexibility index (Phi) is 4.17. The van der Waals surface area contributed by atoms with Crippen LogP contribution in [0.5, 0.6) is 0 Å². The number of amidine groups is 1. The van der Waals surface area contributed by atoms with E-state index in [0.29, 0.717) is 24.1 Å². The van der Waals surface area contributed by atoms with Gasteiger partial charge in [-0.05, 0) is 17.7 Å². The Morgan fingerprint density at radius 2 is 2.19 bits per heavy atom. The van der Waals surface area contributed by atoms with E-state index in [1.165, 1.54) is 11.3 Å². The Hall–Kier alpha value is -1.92. The Balaban J connectivity index is 1.63. The lowest BCUT2D eigenvalue weighted by Gasteiger charge is -2.01. The fourth-order valence-electron chi connectivity index (χ4n) is 1.96. The summed E-state index contributed by atoms with van der Waals surface area (Å²) in [6.07, 6.45) is 2.54. The minimum atomic E-state index is -0.236. The van der Waals surface area contributed by atoms with Crippen LogP contribution in [0, 0.1) is 0 Å². The molecule has 0 aliphatic carbocycles. The molecule has 0 bridgehead atoms. The molecule has 1 aromatic heterocycles. The molecule has 0 saturated carbocycles. The van der Waals surface area contributed by atoms with Gasteiger partial charge in [-0.1, -0.05) is 23.7 Å². The van der Waals surface area contributed by atoms with E-state index in [1.807, 2.05) is 24.3 Å². The highest BCUT2D eigenvalue weighted by Gasteiger charge is 2.16. The molecule has 2 N–H and O–H groups in total. The lowest BCUT2D eigenvalue weighted by atomic mass is 10.1. The number of aliphatic imine (C=N–C) groups is 1. The zero-order valence-electron chi connectivity index (χ0n) is 11.1. The van der Waals surface area contributed by atoms with E-state index in [1.54, 1.807) is 6.20 Å². The molecule has 0 spiro atoms. The highest BCUT2D eigenvalue weighted by molar-refractivity contribution is 7.15. The molecule has 5 nitrogen and oxygen atoms in total. The molecule has 1 aromatic carbocycles. The van der Waals surface area contributed by atoms with Crippen LogP contribution in [0.4, 0.5) is 5.13 Å². The highest BCUT2D eigenvalue weighted by atomic mass is 35.5. The second-order valence-corrected chi connectivity index (χ2v) is 6.10. The van der Waals surface area contributed by atoms with E-state index < -0.39 is 0 Å². The number of nitrogens with one attached hydrogen (secondary N) is 2. The molecule has 108 valence electrons. The first kappa shape index (κ1) is 14.0. The summed E-state index contributed by atoms with van der Waals surface area (Å²) in [7, 11) is 0. The molecule has 7 heteroatoms. The van der Waals surface area contributed by atoms with Gasteiger partial charge in [0.15, 0.2) is 11.0 Å². The summed E-state index contributed by atoms with van der Waals surface area (Å²) in [6.45, 7) is 1.35. The van der Waals surface area contributed by atoms with E-state index in [0.717, 1.165) is 21.9 Å². The monoisotopic (exact) mass is 320 g/mol. The summed E-state index contributed by atoms with van der Waals surface area (Å²) >= 11 is 7.32. The third kappa shape index (κ3) is 3.59. The average Bonchev–Trinajstić information content (AvgIpc) is 3.13. The van der Waals surface area contributed by atoms with Crippen molar-refractivity contribution >= 4 is 39.8 Å². The van der Waals surface area contributed by atoms with Crippen LogP contribution in [0.3, 0.4) is 0 Å². The number of halogens is 1. The number of nitrogens with zero attached hydrogens (tertiary/aromatic N) is 2. The van der Waals surface area contributed by atoms with Crippen LogP contribution in [-0.4, -0.2) is 29.8 Å². The van der Waals surface area contributed by atoms with Crippen LogP contribution < -0.4 is 10.6 Å². The van der Waals surface area contributed by atoms with Gasteiger partial charge in [-0.2, -0.15) is 0 Å². The number of amides is 1.